The number of benzene rings is 2. The molecule has 1 aliphatic rings. The zero-order valence-electron chi connectivity index (χ0n) is 20.7. The second kappa shape index (κ2) is 11.2. The highest BCUT2D eigenvalue weighted by molar-refractivity contribution is 5.95. The third-order valence-electron chi connectivity index (χ3n) is 6.76. The molecular formula is C29H32N6O. The molecule has 0 spiro atoms. The maximum Gasteiger partial charge on any atom is 0.255 e. The van der Waals surface area contributed by atoms with Gasteiger partial charge >= 0.3 is 0 Å². The highest BCUT2D eigenvalue weighted by Crippen LogP contribution is 2.19. The molecule has 0 bridgehead atoms. The maximum atomic E-state index is 13.1. The largest absolute Gasteiger partial charge is 0.369 e. The van der Waals surface area contributed by atoms with E-state index in [9.17, 15) is 4.79 Å². The van der Waals surface area contributed by atoms with E-state index in [1.807, 2.05) is 31.2 Å². The van der Waals surface area contributed by atoms with Crippen LogP contribution in [0.1, 0.15) is 34.1 Å². The van der Waals surface area contributed by atoms with Gasteiger partial charge in [0.2, 0.25) is 0 Å². The molecule has 36 heavy (non-hydrogen) atoms. The van der Waals surface area contributed by atoms with E-state index in [1.165, 1.54) is 11.3 Å². The minimum atomic E-state index is -0.111. The molecule has 2 aromatic carbocycles. The van der Waals surface area contributed by atoms with Crippen molar-refractivity contribution in [1.82, 2.24) is 25.0 Å². The summed E-state index contributed by atoms with van der Waals surface area (Å²) in [5, 5.41) is 7.56. The number of aromatic nitrogens is 3. The lowest BCUT2D eigenvalue weighted by molar-refractivity contribution is 0.0949. The van der Waals surface area contributed by atoms with Crippen LogP contribution in [0.15, 0.2) is 85.2 Å². The molecule has 2 aromatic heterocycles. The van der Waals surface area contributed by atoms with E-state index in [2.05, 4.69) is 73.7 Å². The van der Waals surface area contributed by atoms with Crippen LogP contribution in [0.5, 0.6) is 0 Å². The lowest BCUT2D eigenvalue weighted by atomic mass is 10.1. The van der Waals surface area contributed by atoms with E-state index in [4.69, 9.17) is 0 Å². The van der Waals surface area contributed by atoms with E-state index >= 15 is 0 Å². The maximum absolute atomic E-state index is 13.1. The zero-order chi connectivity index (χ0) is 24.7. The molecule has 1 N–H and O–H groups in total. The number of nitrogens with one attached hydrogen (secondary N) is 1. The van der Waals surface area contributed by atoms with E-state index in [-0.39, 0.29) is 5.91 Å². The molecule has 0 radical (unpaired) electrons. The fourth-order valence-corrected chi connectivity index (χ4v) is 4.78. The fourth-order valence-electron chi connectivity index (χ4n) is 4.78. The number of amides is 1. The van der Waals surface area contributed by atoms with Gasteiger partial charge in [0, 0.05) is 51.2 Å². The van der Waals surface area contributed by atoms with Gasteiger partial charge in [-0.15, -0.1) is 0 Å². The summed E-state index contributed by atoms with van der Waals surface area (Å²) in [6, 6.07) is 24.7. The van der Waals surface area contributed by atoms with Crippen molar-refractivity contribution in [3.8, 4) is 5.82 Å². The molecule has 7 heteroatoms. The van der Waals surface area contributed by atoms with Crippen LogP contribution < -0.4 is 10.2 Å². The molecule has 184 valence electrons. The number of hydrogen-bond donors (Lipinski definition) is 1. The van der Waals surface area contributed by atoms with Gasteiger partial charge in [-0.1, -0.05) is 55.5 Å². The van der Waals surface area contributed by atoms with Crippen LogP contribution in [0.25, 0.3) is 5.82 Å². The molecule has 1 saturated heterocycles. The first kappa shape index (κ1) is 23.8. The average Bonchev–Trinajstić information content (AvgIpc) is 3.38. The number of pyridine rings is 1. The van der Waals surface area contributed by atoms with Crippen molar-refractivity contribution in [1.29, 1.82) is 0 Å². The lowest BCUT2D eigenvalue weighted by Crippen LogP contribution is -2.46. The third-order valence-corrected chi connectivity index (χ3v) is 6.76. The highest BCUT2D eigenvalue weighted by Gasteiger charge is 2.20. The number of hydrogen-bond acceptors (Lipinski definition) is 5. The Kier molecular flexibility index (Phi) is 7.38. The Labute approximate surface area is 212 Å². The normalized spacial score (nSPS) is 14.1. The highest BCUT2D eigenvalue weighted by atomic mass is 16.1. The molecule has 5 rings (SSSR count). The van der Waals surface area contributed by atoms with Gasteiger partial charge in [-0.25, -0.2) is 9.67 Å². The quantitative estimate of drug-likeness (QED) is 0.412. The molecule has 4 aromatic rings. The van der Waals surface area contributed by atoms with Crippen molar-refractivity contribution in [2.45, 2.75) is 26.4 Å². The van der Waals surface area contributed by atoms with E-state index in [0.717, 1.165) is 44.0 Å². The second-order valence-corrected chi connectivity index (χ2v) is 9.01. The van der Waals surface area contributed by atoms with Crippen LogP contribution in [0.4, 0.5) is 5.69 Å². The van der Waals surface area contributed by atoms with Gasteiger partial charge in [0.15, 0.2) is 5.82 Å². The number of anilines is 1. The van der Waals surface area contributed by atoms with Crippen molar-refractivity contribution < 1.29 is 4.79 Å². The summed E-state index contributed by atoms with van der Waals surface area (Å²) < 4.78 is 1.75. The SMILES string of the molecule is CCc1c(C(=O)NCc2ccccc2CN2CCN(c3ccccc3)CC2)cnn1-c1ccccn1. The predicted molar refractivity (Wildman–Crippen MR) is 142 cm³/mol. The summed E-state index contributed by atoms with van der Waals surface area (Å²) >= 11 is 0. The summed E-state index contributed by atoms with van der Waals surface area (Å²) in [6.07, 6.45) is 4.06. The van der Waals surface area contributed by atoms with Crippen LogP contribution in [-0.2, 0) is 19.5 Å². The van der Waals surface area contributed by atoms with Gasteiger partial charge in [0.05, 0.1) is 17.5 Å². The molecule has 0 atom stereocenters. The van der Waals surface area contributed by atoms with Crippen molar-refractivity contribution in [3.05, 3.63) is 108 Å². The number of nitrogens with zero attached hydrogens (tertiary/aromatic N) is 5. The van der Waals surface area contributed by atoms with Crippen LogP contribution in [0.2, 0.25) is 0 Å². The average molecular weight is 481 g/mol. The fraction of sp³-hybridized carbons (Fsp3) is 0.276. The van der Waals surface area contributed by atoms with E-state index in [1.54, 1.807) is 17.1 Å². The number of carbonyl (C=O) groups excluding carboxylic acids is 1. The summed E-state index contributed by atoms with van der Waals surface area (Å²) in [4.78, 5) is 22.4. The molecular weight excluding hydrogens is 448 g/mol. The Bertz CT molecular complexity index is 1280. The predicted octanol–water partition coefficient (Wildman–Crippen LogP) is 4.08. The first-order valence-corrected chi connectivity index (χ1v) is 12.6. The Morgan fingerprint density at radius 1 is 0.889 bits per heavy atom. The van der Waals surface area contributed by atoms with Crippen molar-refractivity contribution >= 4 is 11.6 Å². The van der Waals surface area contributed by atoms with Gasteiger partial charge in [0.1, 0.15) is 0 Å². The van der Waals surface area contributed by atoms with E-state index in [0.29, 0.717) is 24.3 Å². The van der Waals surface area contributed by atoms with Gasteiger partial charge in [0.25, 0.3) is 5.91 Å². The van der Waals surface area contributed by atoms with Crippen LogP contribution in [-0.4, -0.2) is 51.8 Å². The third kappa shape index (κ3) is 5.31. The Hall–Kier alpha value is -3.97. The smallest absolute Gasteiger partial charge is 0.255 e. The molecule has 1 aliphatic heterocycles. The van der Waals surface area contributed by atoms with Crippen LogP contribution in [0, 0.1) is 0 Å². The van der Waals surface area contributed by atoms with Crippen LogP contribution in [0.3, 0.4) is 0 Å². The minimum absolute atomic E-state index is 0.111. The second-order valence-electron chi connectivity index (χ2n) is 9.01. The molecule has 1 amide bonds. The molecule has 0 unspecified atom stereocenters. The minimum Gasteiger partial charge on any atom is -0.369 e. The summed E-state index contributed by atoms with van der Waals surface area (Å²) in [5.74, 6) is 0.603. The van der Waals surface area contributed by atoms with Crippen molar-refractivity contribution in [2.75, 3.05) is 31.1 Å². The monoisotopic (exact) mass is 480 g/mol. The molecule has 1 fully saturated rings. The Morgan fingerprint density at radius 2 is 1.61 bits per heavy atom. The summed E-state index contributed by atoms with van der Waals surface area (Å²) in [7, 11) is 0. The molecule has 7 nitrogen and oxygen atoms in total. The number of piperazine rings is 1. The van der Waals surface area contributed by atoms with Gasteiger partial charge in [-0.2, -0.15) is 5.10 Å². The van der Waals surface area contributed by atoms with Gasteiger partial charge in [-0.3, -0.25) is 9.69 Å². The summed E-state index contributed by atoms with van der Waals surface area (Å²) in [5.41, 5.74) is 5.14. The van der Waals surface area contributed by atoms with Crippen molar-refractivity contribution in [3.63, 3.8) is 0 Å². The number of carbonyl (C=O) groups is 1. The van der Waals surface area contributed by atoms with Gasteiger partial charge in [-0.05, 0) is 41.8 Å². The van der Waals surface area contributed by atoms with Crippen molar-refractivity contribution in [2.24, 2.45) is 0 Å². The standard InChI is InChI=1S/C29H32N6O/c1-2-27-26(21-32-35(27)28-14-8-9-15-30-28)29(36)31-20-23-10-6-7-11-24(23)22-33-16-18-34(19-17-33)25-12-4-3-5-13-25/h3-15,21H,2,16-20,22H2,1H3,(H,31,36). The van der Waals surface area contributed by atoms with E-state index < -0.39 is 0 Å². The molecule has 0 aliphatic carbocycles. The first-order valence-electron chi connectivity index (χ1n) is 12.6. The summed E-state index contributed by atoms with van der Waals surface area (Å²) in [6.45, 7) is 7.46. The molecule has 3 heterocycles. The topological polar surface area (TPSA) is 66.3 Å². The lowest BCUT2D eigenvalue weighted by Gasteiger charge is -2.36. The van der Waals surface area contributed by atoms with Crippen LogP contribution >= 0.6 is 0 Å². The zero-order valence-corrected chi connectivity index (χ0v) is 20.7. The van der Waals surface area contributed by atoms with Gasteiger partial charge < -0.3 is 10.2 Å². The molecule has 0 saturated carbocycles. The number of rotatable bonds is 8. The number of para-hydroxylation sites is 1. The Balaban J connectivity index is 1.21. The Morgan fingerprint density at radius 3 is 2.33 bits per heavy atom. The first-order chi connectivity index (χ1) is 17.7.